The lowest BCUT2D eigenvalue weighted by Crippen LogP contribution is -2.27. The number of benzene rings is 3. The van der Waals surface area contributed by atoms with Crippen molar-refractivity contribution >= 4 is 35.1 Å². The van der Waals surface area contributed by atoms with E-state index in [0.29, 0.717) is 10.6 Å². The van der Waals surface area contributed by atoms with E-state index in [1.54, 1.807) is 31.2 Å². The summed E-state index contributed by atoms with van der Waals surface area (Å²) >= 11 is 12.1. The lowest BCUT2D eigenvalue weighted by molar-refractivity contribution is 0.0696. The number of nitrogens with one attached hydrogen (secondary N) is 1. The highest BCUT2D eigenvalue weighted by Crippen LogP contribution is 2.26. The summed E-state index contributed by atoms with van der Waals surface area (Å²) in [5.74, 6) is -1.61. The summed E-state index contributed by atoms with van der Waals surface area (Å²) < 4.78 is 19.0. The smallest absolute Gasteiger partial charge is 0.335 e. The molecule has 2 N–H and O–H groups in total. The molecule has 31 heavy (non-hydrogen) atoms. The van der Waals surface area contributed by atoms with Gasteiger partial charge < -0.3 is 15.2 Å². The van der Waals surface area contributed by atoms with Crippen molar-refractivity contribution in [2.45, 2.75) is 19.6 Å². The number of hydrogen-bond acceptors (Lipinski definition) is 3. The van der Waals surface area contributed by atoms with Gasteiger partial charge in [-0.3, -0.25) is 4.79 Å². The number of carbonyl (C=O) groups excluding carboxylic acids is 1. The highest BCUT2D eigenvalue weighted by atomic mass is 35.5. The van der Waals surface area contributed by atoms with Crippen molar-refractivity contribution in [2.24, 2.45) is 0 Å². The van der Waals surface area contributed by atoms with Gasteiger partial charge in [-0.2, -0.15) is 0 Å². The first-order chi connectivity index (χ1) is 14.7. The van der Waals surface area contributed by atoms with Crippen LogP contribution in [0.25, 0.3) is 0 Å². The monoisotopic (exact) mass is 461 g/mol. The molecule has 0 aliphatic rings. The van der Waals surface area contributed by atoms with Gasteiger partial charge in [-0.25, -0.2) is 9.18 Å². The van der Waals surface area contributed by atoms with E-state index >= 15 is 0 Å². The van der Waals surface area contributed by atoms with E-state index in [0.717, 1.165) is 5.56 Å². The van der Waals surface area contributed by atoms with Crippen LogP contribution in [0.1, 0.15) is 44.8 Å². The lowest BCUT2D eigenvalue weighted by Gasteiger charge is -2.17. The molecule has 0 spiro atoms. The molecule has 1 atom stereocenters. The predicted octanol–water partition coefficient (Wildman–Crippen LogP) is 5.90. The summed E-state index contributed by atoms with van der Waals surface area (Å²) in [6.07, 6.45) is 0. The van der Waals surface area contributed by atoms with Gasteiger partial charge in [0, 0.05) is 10.6 Å². The van der Waals surface area contributed by atoms with Gasteiger partial charge in [0.15, 0.2) is 0 Å². The maximum absolute atomic E-state index is 13.2. The topological polar surface area (TPSA) is 75.6 Å². The minimum atomic E-state index is -1.02. The Morgan fingerprint density at radius 2 is 1.77 bits per heavy atom. The van der Waals surface area contributed by atoms with Crippen LogP contribution in [0.15, 0.2) is 60.7 Å². The van der Waals surface area contributed by atoms with Crippen molar-refractivity contribution in [3.8, 4) is 5.75 Å². The number of carbonyl (C=O) groups is 2. The first-order valence-corrected chi connectivity index (χ1v) is 10.0. The predicted molar refractivity (Wildman–Crippen MR) is 116 cm³/mol. The number of rotatable bonds is 7. The van der Waals surface area contributed by atoms with Gasteiger partial charge in [0.2, 0.25) is 0 Å². The van der Waals surface area contributed by atoms with Crippen LogP contribution in [0, 0.1) is 5.82 Å². The number of halogens is 3. The van der Waals surface area contributed by atoms with Crippen molar-refractivity contribution in [3.63, 3.8) is 0 Å². The summed E-state index contributed by atoms with van der Waals surface area (Å²) in [5.41, 5.74) is 1.68. The molecule has 3 aromatic rings. The van der Waals surface area contributed by atoms with Crippen LogP contribution in [0.2, 0.25) is 10.0 Å². The SMILES string of the molecule is C[C@H](NC(=O)c1cc(Cl)ccc1OCc1ccc(F)cc1Cl)c1ccc(C(=O)O)cc1. The molecule has 5 nitrogen and oxygen atoms in total. The summed E-state index contributed by atoms with van der Waals surface area (Å²) in [6, 6.07) is 14.4. The second kappa shape index (κ2) is 9.81. The van der Waals surface area contributed by atoms with Crippen LogP contribution in [-0.4, -0.2) is 17.0 Å². The van der Waals surface area contributed by atoms with E-state index in [2.05, 4.69) is 5.32 Å². The van der Waals surface area contributed by atoms with E-state index in [9.17, 15) is 14.0 Å². The zero-order valence-electron chi connectivity index (χ0n) is 16.4. The van der Waals surface area contributed by atoms with Crippen LogP contribution >= 0.6 is 23.2 Å². The molecule has 3 aromatic carbocycles. The largest absolute Gasteiger partial charge is 0.488 e. The molecule has 8 heteroatoms. The van der Waals surface area contributed by atoms with E-state index < -0.39 is 23.7 Å². The highest BCUT2D eigenvalue weighted by molar-refractivity contribution is 6.31. The minimum absolute atomic E-state index is 0.0350. The Morgan fingerprint density at radius 1 is 1.06 bits per heavy atom. The van der Waals surface area contributed by atoms with Crippen LogP contribution in [0.4, 0.5) is 4.39 Å². The molecule has 0 heterocycles. The average Bonchev–Trinajstić information content (AvgIpc) is 2.73. The Balaban J connectivity index is 1.75. The summed E-state index contributed by atoms with van der Waals surface area (Å²) in [6.45, 7) is 1.81. The number of hydrogen-bond donors (Lipinski definition) is 2. The molecule has 160 valence electrons. The number of amides is 1. The van der Waals surface area contributed by atoms with Crippen molar-refractivity contribution in [2.75, 3.05) is 0 Å². The standard InChI is InChI=1S/C23H18Cl2FNO4/c1-13(14-2-4-15(5-3-14)23(29)30)27-22(28)19-10-17(24)7-9-21(19)31-12-16-6-8-18(26)11-20(16)25/h2-11,13H,12H2,1H3,(H,27,28)(H,29,30)/t13-/m0/s1. The van der Waals surface area contributed by atoms with Gasteiger partial charge in [-0.1, -0.05) is 41.4 Å². The van der Waals surface area contributed by atoms with Crippen molar-refractivity contribution in [1.29, 1.82) is 0 Å². The van der Waals surface area contributed by atoms with E-state index in [1.807, 2.05) is 0 Å². The third kappa shape index (κ3) is 5.75. The Morgan fingerprint density at radius 3 is 2.42 bits per heavy atom. The number of ether oxygens (including phenoxy) is 1. The Hall–Kier alpha value is -3.09. The second-order valence-electron chi connectivity index (χ2n) is 6.79. The average molecular weight is 462 g/mol. The first-order valence-electron chi connectivity index (χ1n) is 9.25. The number of aromatic carboxylic acids is 1. The maximum Gasteiger partial charge on any atom is 0.335 e. The van der Waals surface area contributed by atoms with Gasteiger partial charge in [0.1, 0.15) is 18.2 Å². The third-order valence-electron chi connectivity index (χ3n) is 4.59. The second-order valence-corrected chi connectivity index (χ2v) is 7.63. The van der Waals surface area contributed by atoms with Gasteiger partial charge >= 0.3 is 5.97 Å². The molecular formula is C23H18Cl2FNO4. The molecular weight excluding hydrogens is 444 g/mol. The first kappa shape index (κ1) is 22.6. The van der Waals surface area contributed by atoms with Gasteiger partial charge in [-0.05, 0) is 55.0 Å². The molecule has 0 aliphatic carbocycles. The van der Waals surface area contributed by atoms with Crippen molar-refractivity contribution < 1.29 is 23.8 Å². The highest BCUT2D eigenvalue weighted by Gasteiger charge is 2.17. The lowest BCUT2D eigenvalue weighted by atomic mass is 10.1. The van der Waals surface area contributed by atoms with Crippen LogP contribution in [0.5, 0.6) is 5.75 Å². The quantitative estimate of drug-likeness (QED) is 0.459. The normalized spacial score (nSPS) is 11.6. The molecule has 0 radical (unpaired) electrons. The Labute approximate surface area is 188 Å². The van der Waals surface area contributed by atoms with E-state index in [-0.39, 0.29) is 28.5 Å². The molecule has 0 saturated heterocycles. The van der Waals surface area contributed by atoms with E-state index in [1.165, 1.54) is 36.4 Å². The molecule has 1 amide bonds. The summed E-state index contributed by atoms with van der Waals surface area (Å²) in [7, 11) is 0. The Bertz CT molecular complexity index is 1120. The van der Waals surface area contributed by atoms with Crippen molar-refractivity contribution in [3.05, 3.63) is 98.8 Å². The summed E-state index contributed by atoms with van der Waals surface area (Å²) in [4.78, 5) is 23.9. The van der Waals surface area contributed by atoms with E-state index in [4.69, 9.17) is 33.0 Å². The molecule has 0 saturated carbocycles. The molecule has 3 rings (SSSR count). The fraction of sp³-hybridized carbons (Fsp3) is 0.130. The molecule has 0 unspecified atom stereocenters. The Kier molecular flexibility index (Phi) is 7.15. The van der Waals surface area contributed by atoms with Crippen molar-refractivity contribution in [1.82, 2.24) is 5.32 Å². The fourth-order valence-corrected chi connectivity index (χ4v) is 3.27. The molecule has 0 aromatic heterocycles. The van der Waals surface area contributed by atoms with Gasteiger partial charge in [0.25, 0.3) is 5.91 Å². The van der Waals surface area contributed by atoms with Crippen LogP contribution in [-0.2, 0) is 6.61 Å². The van der Waals surface area contributed by atoms with Crippen LogP contribution < -0.4 is 10.1 Å². The summed E-state index contributed by atoms with van der Waals surface area (Å²) in [5, 5.41) is 12.4. The molecule has 0 bridgehead atoms. The zero-order chi connectivity index (χ0) is 22.5. The minimum Gasteiger partial charge on any atom is -0.488 e. The van der Waals surface area contributed by atoms with Gasteiger partial charge in [-0.15, -0.1) is 0 Å². The number of carboxylic acid groups (broad SMARTS) is 1. The third-order valence-corrected chi connectivity index (χ3v) is 5.18. The van der Waals surface area contributed by atoms with Gasteiger partial charge in [0.05, 0.1) is 22.2 Å². The van der Waals surface area contributed by atoms with Crippen LogP contribution in [0.3, 0.4) is 0 Å². The maximum atomic E-state index is 13.2. The fourth-order valence-electron chi connectivity index (χ4n) is 2.87. The molecule has 0 aliphatic heterocycles. The number of carboxylic acids is 1. The molecule has 0 fully saturated rings. The zero-order valence-corrected chi connectivity index (χ0v) is 17.9.